The van der Waals surface area contributed by atoms with Gasteiger partial charge in [0.1, 0.15) is 18.2 Å². The van der Waals surface area contributed by atoms with E-state index in [1.54, 1.807) is 34.6 Å². The van der Waals surface area contributed by atoms with Crippen LogP contribution in [0.25, 0.3) is 17.2 Å². The summed E-state index contributed by atoms with van der Waals surface area (Å²) in [5.74, 6) is -4.06. The third-order valence-corrected chi connectivity index (χ3v) is 8.14. The van der Waals surface area contributed by atoms with Crippen LogP contribution in [0, 0.1) is 5.92 Å². The van der Waals surface area contributed by atoms with Crippen molar-refractivity contribution >= 4 is 47.1 Å². The Labute approximate surface area is 327 Å². The van der Waals surface area contributed by atoms with Gasteiger partial charge in [0.05, 0.1) is 11.6 Å². The van der Waals surface area contributed by atoms with Gasteiger partial charge in [-0.2, -0.15) is 17.9 Å². The van der Waals surface area contributed by atoms with E-state index in [4.69, 9.17) is 38.4 Å². The highest BCUT2D eigenvalue weighted by molar-refractivity contribution is 6.32. The van der Waals surface area contributed by atoms with Crippen molar-refractivity contribution in [3.05, 3.63) is 74.8 Å². The highest BCUT2D eigenvalue weighted by atomic mass is 35.5. The summed E-state index contributed by atoms with van der Waals surface area (Å²) < 4.78 is 55.6. The minimum atomic E-state index is -5.14. The van der Waals surface area contributed by atoms with E-state index >= 15 is 0 Å². The molecule has 3 aromatic heterocycles. The SMILES string of the molecule is CC(C)[C@H](NC(=O)OC(C)(C)C)C(=O)NCCCC(=O)O[C@@H](Cn1c(-c2ccc(Cl)cc2)nn(Cc2nc(C(N)=O)n(-c3ncccc3Cl)n2)c1=O)C(F)(F)F. The van der Waals surface area contributed by atoms with Crippen molar-refractivity contribution in [3.8, 4) is 17.2 Å². The smallest absolute Gasteiger partial charge is 0.427 e. The van der Waals surface area contributed by atoms with Crippen LogP contribution in [0.15, 0.2) is 47.4 Å². The van der Waals surface area contributed by atoms with Gasteiger partial charge in [-0.25, -0.2) is 24.2 Å². The topological polar surface area (TPSA) is 220 Å². The van der Waals surface area contributed by atoms with E-state index in [2.05, 4.69) is 30.8 Å². The number of ether oxygens (including phenoxy) is 2. The number of hydrogen-bond donors (Lipinski definition) is 3. The van der Waals surface area contributed by atoms with E-state index in [1.165, 1.54) is 42.6 Å². The number of amides is 3. The first kappa shape index (κ1) is 43.2. The Kier molecular flexibility index (Phi) is 13.9. The number of hydrogen-bond acceptors (Lipinski definition) is 11. The average Bonchev–Trinajstić information content (AvgIpc) is 3.65. The number of benzene rings is 1. The Balaban J connectivity index is 1.52. The van der Waals surface area contributed by atoms with Crippen LogP contribution in [-0.2, 0) is 32.2 Å². The minimum Gasteiger partial charge on any atom is -0.451 e. The first-order chi connectivity index (χ1) is 26.1. The summed E-state index contributed by atoms with van der Waals surface area (Å²) >= 11 is 12.2. The number of primary amides is 1. The molecule has 0 unspecified atom stereocenters. The molecular weight excluding hydrogens is 788 g/mol. The lowest BCUT2D eigenvalue weighted by Gasteiger charge is -2.25. The van der Waals surface area contributed by atoms with E-state index in [1.807, 2.05) is 0 Å². The van der Waals surface area contributed by atoms with Gasteiger partial charge >= 0.3 is 23.9 Å². The normalized spacial score (nSPS) is 12.9. The zero-order valence-corrected chi connectivity index (χ0v) is 32.3. The van der Waals surface area contributed by atoms with Crippen LogP contribution in [0.5, 0.6) is 0 Å². The summed E-state index contributed by atoms with van der Waals surface area (Å²) in [4.78, 5) is 71.7. The molecular formula is C34H39Cl2F3N10O7. The van der Waals surface area contributed by atoms with Crippen molar-refractivity contribution in [2.45, 2.75) is 84.5 Å². The first-order valence-corrected chi connectivity index (χ1v) is 17.7. The van der Waals surface area contributed by atoms with Crippen LogP contribution in [-0.4, -0.2) is 88.4 Å². The Morgan fingerprint density at radius 3 is 2.29 bits per heavy atom. The van der Waals surface area contributed by atoms with Crippen molar-refractivity contribution in [2.24, 2.45) is 11.7 Å². The molecule has 0 aliphatic heterocycles. The molecule has 2 atom stereocenters. The van der Waals surface area contributed by atoms with Crippen LogP contribution in [0.3, 0.4) is 0 Å². The number of carbonyl (C=O) groups excluding carboxylic acids is 4. The number of halogens is 5. The lowest BCUT2D eigenvalue weighted by molar-refractivity contribution is -0.224. The molecule has 302 valence electrons. The second-order valence-electron chi connectivity index (χ2n) is 13.6. The molecule has 22 heteroatoms. The molecule has 0 spiro atoms. The lowest BCUT2D eigenvalue weighted by atomic mass is 10.0. The van der Waals surface area contributed by atoms with Crippen molar-refractivity contribution in [2.75, 3.05) is 6.54 Å². The van der Waals surface area contributed by atoms with Gasteiger partial charge in [0, 0.05) is 29.7 Å². The fourth-order valence-electron chi connectivity index (χ4n) is 5.03. The van der Waals surface area contributed by atoms with E-state index in [-0.39, 0.29) is 46.9 Å². The number of nitrogens with two attached hydrogens (primary N) is 1. The fraction of sp³-hybridized carbons (Fsp3) is 0.441. The van der Waals surface area contributed by atoms with Crippen molar-refractivity contribution in [1.29, 1.82) is 0 Å². The molecule has 3 amide bonds. The summed E-state index contributed by atoms with van der Waals surface area (Å²) in [6, 6.07) is 7.71. The van der Waals surface area contributed by atoms with Crippen molar-refractivity contribution in [1.82, 2.24) is 44.7 Å². The molecule has 4 aromatic rings. The molecule has 4 N–H and O–H groups in total. The molecule has 1 aromatic carbocycles. The highest BCUT2D eigenvalue weighted by Crippen LogP contribution is 2.27. The molecule has 0 radical (unpaired) electrons. The van der Waals surface area contributed by atoms with Crippen LogP contribution in [0.4, 0.5) is 18.0 Å². The number of esters is 1. The molecule has 0 saturated carbocycles. The fourth-order valence-corrected chi connectivity index (χ4v) is 5.36. The number of pyridine rings is 1. The molecule has 0 fully saturated rings. The van der Waals surface area contributed by atoms with Gasteiger partial charge in [0.15, 0.2) is 17.5 Å². The summed E-state index contributed by atoms with van der Waals surface area (Å²) in [6.07, 6.45) is -8.03. The molecule has 4 rings (SSSR count). The Morgan fingerprint density at radius 2 is 1.70 bits per heavy atom. The predicted molar refractivity (Wildman–Crippen MR) is 195 cm³/mol. The summed E-state index contributed by atoms with van der Waals surface area (Å²) in [6.45, 7) is 6.47. The first-order valence-electron chi connectivity index (χ1n) is 17.0. The molecule has 17 nitrogen and oxygen atoms in total. The van der Waals surface area contributed by atoms with Crippen LogP contribution in [0.1, 0.15) is 63.9 Å². The van der Waals surface area contributed by atoms with E-state index in [9.17, 15) is 37.1 Å². The van der Waals surface area contributed by atoms with E-state index in [0.29, 0.717) is 9.59 Å². The zero-order valence-electron chi connectivity index (χ0n) is 30.8. The number of alkyl halides is 3. The third kappa shape index (κ3) is 11.5. The monoisotopic (exact) mass is 826 g/mol. The molecule has 3 heterocycles. The zero-order chi connectivity index (χ0) is 41.5. The number of rotatable bonds is 15. The maximum absolute atomic E-state index is 14.4. The lowest BCUT2D eigenvalue weighted by Crippen LogP contribution is -2.51. The quantitative estimate of drug-likeness (QED) is 0.115. The Bertz CT molecular complexity index is 2110. The Morgan fingerprint density at radius 1 is 1.02 bits per heavy atom. The number of alkyl carbamates (subject to hydrolysis) is 1. The van der Waals surface area contributed by atoms with E-state index in [0.717, 1.165) is 9.36 Å². The maximum Gasteiger partial charge on any atom is 0.427 e. The summed E-state index contributed by atoms with van der Waals surface area (Å²) in [5, 5.41) is 13.8. The van der Waals surface area contributed by atoms with Crippen LogP contribution >= 0.6 is 23.2 Å². The van der Waals surface area contributed by atoms with Gasteiger partial charge in [0.25, 0.3) is 5.91 Å². The third-order valence-electron chi connectivity index (χ3n) is 7.59. The standard InChI is InChI=1S/C34H39Cl2F3N10O7/c1-18(2)25(44-31(53)56-33(3,4)5)30(52)42-15-7-9-24(50)55-22(34(37,38)39)16-47-27(19-10-12-20(35)13-11-19)46-48(32(47)54)17-23-43-29(26(40)51)49(45-23)28-21(36)8-6-14-41-28/h6,8,10-14,18,22,25H,7,9,15-17H2,1-5H3,(H2,40,51)(H,42,52)(H,44,53)/t22-,25-/m0/s1. The largest absolute Gasteiger partial charge is 0.451 e. The Hall–Kier alpha value is -5.50. The molecule has 0 saturated heterocycles. The van der Waals surface area contributed by atoms with Crippen LogP contribution in [0.2, 0.25) is 10.0 Å². The average molecular weight is 828 g/mol. The van der Waals surface area contributed by atoms with Gasteiger partial charge in [-0.3, -0.25) is 19.0 Å². The molecule has 56 heavy (non-hydrogen) atoms. The second-order valence-corrected chi connectivity index (χ2v) is 14.4. The summed E-state index contributed by atoms with van der Waals surface area (Å²) in [7, 11) is 0. The maximum atomic E-state index is 14.4. The van der Waals surface area contributed by atoms with Crippen molar-refractivity contribution in [3.63, 3.8) is 0 Å². The number of carbonyl (C=O) groups is 4. The minimum absolute atomic E-state index is 0.00591. The highest BCUT2D eigenvalue weighted by Gasteiger charge is 2.44. The number of aromatic nitrogens is 7. The van der Waals surface area contributed by atoms with Crippen molar-refractivity contribution < 1.29 is 41.8 Å². The van der Waals surface area contributed by atoms with Gasteiger partial charge in [-0.15, -0.1) is 10.2 Å². The second kappa shape index (κ2) is 18.0. The summed E-state index contributed by atoms with van der Waals surface area (Å²) in [5.41, 5.74) is 3.79. The number of nitrogens with one attached hydrogen (secondary N) is 2. The van der Waals surface area contributed by atoms with Gasteiger partial charge < -0.3 is 25.8 Å². The van der Waals surface area contributed by atoms with Gasteiger partial charge in [0.2, 0.25) is 17.8 Å². The molecule has 0 aliphatic carbocycles. The van der Waals surface area contributed by atoms with Crippen LogP contribution < -0.4 is 22.1 Å². The number of nitrogens with zero attached hydrogens (tertiary/aromatic N) is 7. The molecule has 0 aliphatic rings. The van der Waals surface area contributed by atoms with Gasteiger partial charge in [-0.1, -0.05) is 37.0 Å². The van der Waals surface area contributed by atoms with Gasteiger partial charge in [-0.05, 0) is 69.5 Å². The molecule has 0 bridgehead atoms. The van der Waals surface area contributed by atoms with E-state index < -0.39 is 78.8 Å². The predicted octanol–water partition coefficient (Wildman–Crippen LogP) is 4.06.